The van der Waals surface area contributed by atoms with E-state index >= 15 is 0 Å². The van der Waals surface area contributed by atoms with E-state index in [0.29, 0.717) is 17.9 Å². The van der Waals surface area contributed by atoms with Crippen LogP contribution in [0.15, 0.2) is 24.3 Å². The maximum absolute atomic E-state index is 11.2. The smallest absolute Gasteiger partial charge is 0.337 e. The Hall–Kier alpha value is -2.37. The fraction of sp³-hybridized carbons (Fsp3) is 0.308. The minimum atomic E-state index is -0.453. The van der Waals surface area contributed by atoms with E-state index in [-0.39, 0.29) is 12.3 Å². The van der Waals surface area contributed by atoms with Crippen LogP contribution in [0.3, 0.4) is 0 Å². The first-order valence-electron chi connectivity index (χ1n) is 5.75. The van der Waals surface area contributed by atoms with Crippen LogP contribution in [-0.2, 0) is 14.3 Å². The molecule has 0 spiro atoms. The molecule has 6 heteroatoms. The van der Waals surface area contributed by atoms with Crippen molar-refractivity contribution < 1.29 is 19.1 Å². The van der Waals surface area contributed by atoms with Crippen molar-refractivity contribution in [2.75, 3.05) is 19.0 Å². The summed E-state index contributed by atoms with van der Waals surface area (Å²) in [6, 6.07) is 6.41. The standard InChI is InChI=1S/C13H16N2O4/c1-3-19-12(16)8-11(14)15-10-6-4-9(5-7-10)13(17)18-2/h4-7H,3,8H2,1-2H3,(H2,14,15). The van der Waals surface area contributed by atoms with Crippen molar-refractivity contribution in [3.63, 3.8) is 0 Å². The summed E-state index contributed by atoms with van der Waals surface area (Å²) in [4.78, 5) is 22.4. The van der Waals surface area contributed by atoms with Gasteiger partial charge in [-0.25, -0.2) is 4.79 Å². The molecule has 1 rings (SSSR count). The van der Waals surface area contributed by atoms with Gasteiger partial charge >= 0.3 is 11.9 Å². The second-order valence-electron chi connectivity index (χ2n) is 3.65. The molecule has 0 heterocycles. The molecule has 2 N–H and O–H groups in total. The first kappa shape index (κ1) is 14.7. The monoisotopic (exact) mass is 264 g/mol. The van der Waals surface area contributed by atoms with Gasteiger partial charge in [-0.15, -0.1) is 0 Å². The number of rotatable bonds is 5. The van der Waals surface area contributed by atoms with Gasteiger partial charge < -0.3 is 14.8 Å². The lowest BCUT2D eigenvalue weighted by molar-refractivity contribution is -0.141. The molecule has 0 aliphatic heterocycles. The van der Waals surface area contributed by atoms with Crippen LogP contribution in [0.25, 0.3) is 0 Å². The molecule has 0 aliphatic carbocycles. The fourth-order valence-corrected chi connectivity index (χ4v) is 1.38. The third-order valence-corrected chi connectivity index (χ3v) is 2.23. The number of nitrogens with one attached hydrogen (secondary N) is 2. The minimum Gasteiger partial charge on any atom is -0.466 e. The second-order valence-corrected chi connectivity index (χ2v) is 3.65. The van der Waals surface area contributed by atoms with E-state index in [9.17, 15) is 9.59 Å². The number of benzene rings is 1. The highest BCUT2D eigenvalue weighted by Crippen LogP contribution is 2.10. The van der Waals surface area contributed by atoms with Crippen LogP contribution in [0.4, 0.5) is 5.69 Å². The molecule has 102 valence electrons. The summed E-state index contributed by atoms with van der Waals surface area (Å²) >= 11 is 0. The molecule has 1 aromatic carbocycles. The molecule has 0 saturated heterocycles. The Labute approximate surface area is 111 Å². The molecule has 0 aromatic heterocycles. The van der Waals surface area contributed by atoms with Gasteiger partial charge in [-0.1, -0.05) is 0 Å². The van der Waals surface area contributed by atoms with Gasteiger partial charge in [0.1, 0.15) is 12.3 Å². The topological polar surface area (TPSA) is 88.5 Å². The summed E-state index contributed by atoms with van der Waals surface area (Å²) in [5, 5.41) is 10.4. The van der Waals surface area contributed by atoms with E-state index in [1.165, 1.54) is 7.11 Å². The van der Waals surface area contributed by atoms with Crippen molar-refractivity contribution in [2.45, 2.75) is 13.3 Å². The Morgan fingerprint density at radius 2 is 1.89 bits per heavy atom. The van der Waals surface area contributed by atoms with Gasteiger partial charge in [0, 0.05) is 5.69 Å². The number of carbonyl (C=O) groups is 2. The van der Waals surface area contributed by atoms with Gasteiger partial charge in [0.05, 0.1) is 19.3 Å². The number of hydrogen-bond donors (Lipinski definition) is 2. The summed E-state index contributed by atoms with van der Waals surface area (Å²) in [6.45, 7) is 2.00. The van der Waals surface area contributed by atoms with Crippen molar-refractivity contribution in [3.8, 4) is 0 Å². The van der Waals surface area contributed by atoms with Crippen molar-refractivity contribution in [1.29, 1.82) is 5.41 Å². The lowest BCUT2D eigenvalue weighted by atomic mass is 10.2. The molecule has 6 nitrogen and oxygen atoms in total. The van der Waals surface area contributed by atoms with Crippen molar-refractivity contribution in [2.24, 2.45) is 0 Å². The number of carbonyl (C=O) groups excluding carboxylic acids is 2. The van der Waals surface area contributed by atoms with Gasteiger partial charge in [0.15, 0.2) is 0 Å². The Kier molecular flexibility index (Phi) is 5.53. The predicted octanol–water partition coefficient (Wildman–Crippen LogP) is 1.82. The number of esters is 2. The molecule has 0 atom stereocenters. The molecule has 1 aromatic rings. The molecular formula is C13H16N2O4. The van der Waals surface area contributed by atoms with E-state index in [0.717, 1.165) is 0 Å². The molecule has 0 radical (unpaired) electrons. The molecule has 0 aliphatic rings. The Bertz CT molecular complexity index is 468. The number of ether oxygens (including phenoxy) is 2. The number of amidine groups is 1. The average molecular weight is 264 g/mol. The van der Waals surface area contributed by atoms with E-state index in [4.69, 9.17) is 10.1 Å². The molecule has 0 amide bonds. The minimum absolute atomic E-state index is 0.0317. The lowest BCUT2D eigenvalue weighted by Gasteiger charge is -2.08. The molecular weight excluding hydrogens is 248 g/mol. The van der Waals surface area contributed by atoms with E-state index in [1.54, 1.807) is 31.2 Å². The number of anilines is 1. The van der Waals surface area contributed by atoms with Crippen molar-refractivity contribution >= 4 is 23.5 Å². The number of hydrogen-bond acceptors (Lipinski definition) is 5. The maximum Gasteiger partial charge on any atom is 0.337 e. The van der Waals surface area contributed by atoms with Crippen LogP contribution in [0, 0.1) is 5.41 Å². The first-order chi connectivity index (χ1) is 9.06. The van der Waals surface area contributed by atoms with Crippen LogP contribution in [0.1, 0.15) is 23.7 Å². The summed E-state index contributed by atoms with van der Waals surface area (Å²) in [5.41, 5.74) is 1.03. The highest BCUT2D eigenvalue weighted by molar-refractivity contribution is 6.03. The second kappa shape index (κ2) is 7.15. The van der Waals surface area contributed by atoms with Crippen LogP contribution in [0.2, 0.25) is 0 Å². The highest BCUT2D eigenvalue weighted by Gasteiger charge is 2.08. The third kappa shape index (κ3) is 4.79. The summed E-state index contributed by atoms with van der Waals surface area (Å²) in [6.07, 6.45) is -0.118. The molecule has 0 unspecified atom stereocenters. The van der Waals surface area contributed by atoms with Crippen LogP contribution in [0.5, 0.6) is 0 Å². The maximum atomic E-state index is 11.2. The van der Waals surface area contributed by atoms with Gasteiger partial charge in [0.25, 0.3) is 0 Å². The van der Waals surface area contributed by atoms with E-state index in [1.807, 2.05) is 0 Å². The zero-order valence-corrected chi connectivity index (χ0v) is 10.9. The van der Waals surface area contributed by atoms with Crippen LogP contribution < -0.4 is 5.32 Å². The third-order valence-electron chi connectivity index (χ3n) is 2.23. The van der Waals surface area contributed by atoms with Gasteiger partial charge in [-0.05, 0) is 31.2 Å². The van der Waals surface area contributed by atoms with Crippen molar-refractivity contribution in [1.82, 2.24) is 0 Å². The van der Waals surface area contributed by atoms with E-state index in [2.05, 4.69) is 10.1 Å². The summed E-state index contributed by atoms with van der Waals surface area (Å²) in [7, 11) is 1.31. The first-order valence-corrected chi connectivity index (χ1v) is 5.75. The van der Waals surface area contributed by atoms with E-state index < -0.39 is 11.9 Å². The summed E-state index contributed by atoms with van der Waals surface area (Å²) in [5.74, 6) is -0.844. The number of methoxy groups -OCH3 is 1. The Balaban J connectivity index is 2.56. The van der Waals surface area contributed by atoms with Crippen molar-refractivity contribution in [3.05, 3.63) is 29.8 Å². The van der Waals surface area contributed by atoms with Gasteiger partial charge in [-0.2, -0.15) is 0 Å². The molecule has 0 saturated carbocycles. The largest absolute Gasteiger partial charge is 0.466 e. The zero-order valence-electron chi connectivity index (χ0n) is 10.9. The lowest BCUT2D eigenvalue weighted by Crippen LogP contribution is -2.17. The quantitative estimate of drug-likeness (QED) is 0.481. The van der Waals surface area contributed by atoms with Gasteiger partial charge in [0.2, 0.25) is 0 Å². The normalized spacial score (nSPS) is 9.58. The summed E-state index contributed by atoms with van der Waals surface area (Å²) < 4.78 is 9.31. The Morgan fingerprint density at radius 3 is 2.42 bits per heavy atom. The highest BCUT2D eigenvalue weighted by atomic mass is 16.5. The molecule has 0 bridgehead atoms. The fourth-order valence-electron chi connectivity index (χ4n) is 1.38. The average Bonchev–Trinajstić information content (AvgIpc) is 2.38. The zero-order chi connectivity index (χ0) is 14.3. The Morgan fingerprint density at radius 1 is 1.26 bits per heavy atom. The SMILES string of the molecule is CCOC(=O)CC(=N)Nc1ccc(C(=O)OC)cc1. The van der Waals surface area contributed by atoms with Crippen LogP contribution in [-0.4, -0.2) is 31.5 Å². The van der Waals surface area contributed by atoms with Crippen LogP contribution >= 0.6 is 0 Å². The molecule has 0 fully saturated rings. The van der Waals surface area contributed by atoms with Gasteiger partial charge in [-0.3, -0.25) is 10.2 Å². The predicted molar refractivity (Wildman–Crippen MR) is 70.4 cm³/mol. The molecule has 19 heavy (non-hydrogen) atoms.